The normalized spacial score (nSPS) is 13.0. The third-order valence-corrected chi connectivity index (χ3v) is 5.43. The van der Waals surface area contributed by atoms with Crippen LogP contribution in [0.2, 0.25) is 0 Å². The summed E-state index contributed by atoms with van der Waals surface area (Å²) in [7, 11) is 5.06. The second kappa shape index (κ2) is 6.61. The van der Waals surface area contributed by atoms with Gasteiger partial charge in [-0.1, -0.05) is 0 Å². The largest absolute Gasteiger partial charge is 0.493 e. The summed E-state index contributed by atoms with van der Waals surface area (Å²) >= 11 is 3.53. The summed E-state index contributed by atoms with van der Waals surface area (Å²) < 4.78 is 13.5. The quantitative estimate of drug-likeness (QED) is 0.758. The Labute approximate surface area is 162 Å². The predicted octanol–water partition coefficient (Wildman–Crippen LogP) is 3.62. The molecule has 7 heteroatoms. The maximum atomic E-state index is 13.0. The van der Waals surface area contributed by atoms with Gasteiger partial charge >= 0.3 is 0 Å². The molecule has 1 aromatic heterocycles. The van der Waals surface area contributed by atoms with Crippen molar-refractivity contribution in [1.29, 1.82) is 0 Å². The van der Waals surface area contributed by atoms with Crippen molar-refractivity contribution in [3.8, 4) is 17.2 Å². The van der Waals surface area contributed by atoms with E-state index in [0.29, 0.717) is 21.9 Å². The number of ether oxygens (including phenoxy) is 2. The van der Waals surface area contributed by atoms with Gasteiger partial charge in [0.1, 0.15) is 0 Å². The molecule has 1 aliphatic heterocycles. The molecule has 3 rings (SSSR count). The van der Waals surface area contributed by atoms with Crippen LogP contribution in [0.4, 0.5) is 0 Å². The Bertz CT molecular complexity index is 868. The van der Waals surface area contributed by atoms with Gasteiger partial charge < -0.3 is 14.4 Å². The SMILES string of the molecule is COc1cc2c(cc1OC)-n1c(Br)nc(C(=O)N(C)C(C)(C)C)c1CC2. The number of rotatable bonds is 3. The van der Waals surface area contributed by atoms with Crippen LogP contribution < -0.4 is 9.47 Å². The third kappa shape index (κ3) is 2.98. The fourth-order valence-corrected chi connectivity index (χ4v) is 3.69. The minimum Gasteiger partial charge on any atom is -0.493 e. The van der Waals surface area contributed by atoms with Crippen LogP contribution in [-0.2, 0) is 12.8 Å². The van der Waals surface area contributed by atoms with Gasteiger partial charge in [0.25, 0.3) is 5.91 Å². The summed E-state index contributed by atoms with van der Waals surface area (Å²) in [4.78, 5) is 19.3. The van der Waals surface area contributed by atoms with Crippen LogP contribution in [0.25, 0.3) is 5.69 Å². The summed E-state index contributed by atoms with van der Waals surface area (Å²) in [6.45, 7) is 6.03. The molecule has 0 saturated carbocycles. The van der Waals surface area contributed by atoms with Gasteiger partial charge in [0.05, 0.1) is 25.6 Å². The number of methoxy groups -OCH3 is 2. The van der Waals surface area contributed by atoms with E-state index in [9.17, 15) is 4.79 Å². The number of amides is 1. The molecule has 0 unspecified atom stereocenters. The summed E-state index contributed by atoms with van der Waals surface area (Å²) in [6.07, 6.45) is 1.55. The number of hydrogen-bond acceptors (Lipinski definition) is 4. The van der Waals surface area contributed by atoms with Gasteiger partial charge in [-0.05, 0) is 61.2 Å². The lowest BCUT2D eigenvalue weighted by Gasteiger charge is -2.32. The molecule has 0 fully saturated rings. The van der Waals surface area contributed by atoms with E-state index in [2.05, 4.69) is 20.9 Å². The highest BCUT2D eigenvalue weighted by Gasteiger charge is 2.32. The van der Waals surface area contributed by atoms with Gasteiger partial charge in [0, 0.05) is 18.7 Å². The number of aromatic nitrogens is 2. The molecule has 6 nitrogen and oxygen atoms in total. The first-order valence-corrected chi connectivity index (χ1v) is 9.29. The van der Waals surface area contributed by atoms with Gasteiger partial charge in [-0.2, -0.15) is 0 Å². The highest BCUT2D eigenvalue weighted by molar-refractivity contribution is 9.10. The zero-order valence-corrected chi connectivity index (χ0v) is 17.6. The molecular weight excluding hydrogens is 398 g/mol. The molecule has 0 N–H and O–H groups in total. The number of halogens is 1. The molecule has 2 aromatic rings. The van der Waals surface area contributed by atoms with Crippen LogP contribution >= 0.6 is 15.9 Å². The zero-order valence-electron chi connectivity index (χ0n) is 16.0. The maximum Gasteiger partial charge on any atom is 0.274 e. The number of benzene rings is 1. The monoisotopic (exact) mass is 421 g/mol. The molecule has 0 radical (unpaired) electrons. The maximum absolute atomic E-state index is 13.0. The van der Waals surface area contributed by atoms with Crippen LogP contribution in [0.1, 0.15) is 42.5 Å². The third-order valence-electron chi connectivity index (χ3n) is 4.90. The Balaban J connectivity index is 2.13. The van der Waals surface area contributed by atoms with Crippen LogP contribution in [-0.4, -0.2) is 47.2 Å². The molecule has 0 saturated heterocycles. The van der Waals surface area contributed by atoms with Crippen molar-refractivity contribution in [2.24, 2.45) is 0 Å². The van der Waals surface area contributed by atoms with E-state index in [1.807, 2.05) is 44.5 Å². The fraction of sp³-hybridized carbons (Fsp3) is 0.474. The number of fused-ring (bicyclic) bond motifs is 3. The van der Waals surface area contributed by atoms with Crippen molar-refractivity contribution < 1.29 is 14.3 Å². The van der Waals surface area contributed by atoms with E-state index in [0.717, 1.165) is 29.8 Å². The first-order valence-electron chi connectivity index (χ1n) is 8.49. The minimum absolute atomic E-state index is 0.0733. The smallest absolute Gasteiger partial charge is 0.274 e. The summed E-state index contributed by atoms with van der Waals surface area (Å²) in [5, 5.41) is 0. The van der Waals surface area contributed by atoms with Crippen molar-refractivity contribution in [3.05, 3.63) is 33.8 Å². The average molecular weight is 422 g/mol. The predicted molar refractivity (Wildman–Crippen MR) is 104 cm³/mol. The van der Waals surface area contributed by atoms with Crippen molar-refractivity contribution in [3.63, 3.8) is 0 Å². The lowest BCUT2D eigenvalue weighted by molar-refractivity contribution is 0.0648. The molecule has 1 aromatic carbocycles. The lowest BCUT2D eigenvalue weighted by Crippen LogP contribution is -2.43. The van der Waals surface area contributed by atoms with E-state index >= 15 is 0 Å². The van der Waals surface area contributed by atoms with Gasteiger partial charge in [-0.25, -0.2) is 4.98 Å². The molecule has 0 bridgehead atoms. The summed E-state index contributed by atoms with van der Waals surface area (Å²) in [5.74, 6) is 1.28. The Hall–Kier alpha value is -2.02. The Morgan fingerprint density at radius 3 is 2.38 bits per heavy atom. The Morgan fingerprint density at radius 2 is 1.81 bits per heavy atom. The minimum atomic E-state index is -0.275. The second-order valence-corrected chi connectivity index (χ2v) is 8.09. The zero-order chi connectivity index (χ0) is 19.2. The van der Waals surface area contributed by atoms with E-state index in [-0.39, 0.29) is 11.4 Å². The van der Waals surface area contributed by atoms with E-state index < -0.39 is 0 Å². The number of aryl methyl sites for hydroxylation is 1. The molecule has 0 atom stereocenters. The number of hydrogen-bond donors (Lipinski definition) is 0. The van der Waals surface area contributed by atoms with Gasteiger partial charge in [-0.15, -0.1) is 0 Å². The van der Waals surface area contributed by atoms with Crippen LogP contribution in [0, 0.1) is 0 Å². The van der Waals surface area contributed by atoms with Crippen LogP contribution in [0.15, 0.2) is 16.9 Å². The standard InChI is InChI=1S/C19H24BrN3O3/c1-19(2,3)22(4)17(24)16-12-8-7-11-9-14(25-5)15(26-6)10-13(11)23(12)18(20)21-16/h9-10H,7-8H2,1-6H3. The average Bonchev–Trinajstić information content (AvgIpc) is 2.95. The van der Waals surface area contributed by atoms with Gasteiger partial charge in [0.15, 0.2) is 21.9 Å². The first-order chi connectivity index (χ1) is 12.2. The Morgan fingerprint density at radius 1 is 1.19 bits per heavy atom. The molecule has 26 heavy (non-hydrogen) atoms. The van der Waals surface area contributed by atoms with Crippen molar-refractivity contribution in [1.82, 2.24) is 14.5 Å². The number of carbonyl (C=O) groups excluding carboxylic acids is 1. The number of imidazole rings is 1. The molecule has 1 amide bonds. The van der Waals surface area contributed by atoms with E-state index in [4.69, 9.17) is 9.47 Å². The molecule has 140 valence electrons. The van der Waals surface area contributed by atoms with Gasteiger partial charge in [0.2, 0.25) is 0 Å². The number of carbonyl (C=O) groups is 1. The lowest BCUT2D eigenvalue weighted by atomic mass is 9.99. The topological polar surface area (TPSA) is 56.6 Å². The van der Waals surface area contributed by atoms with Crippen LogP contribution in [0.5, 0.6) is 11.5 Å². The van der Waals surface area contributed by atoms with Crippen molar-refractivity contribution in [2.75, 3.05) is 21.3 Å². The van der Waals surface area contributed by atoms with Crippen molar-refractivity contribution in [2.45, 2.75) is 39.2 Å². The highest BCUT2D eigenvalue weighted by Crippen LogP contribution is 2.38. The number of nitrogens with zero attached hydrogens (tertiary/aromatic N) is 3. The summed E-state index contributed by atoms with van der Waals surface area (Å²) in [5.41, 5.74) is 3.23. The molecule has 2 heterocycles. The fourth-order valence-electron chi connectivity index (χ4n) is 3.11. The van der Waals surface area contributed by atoms with Crippen molar-refractivity contribution >= 4 is 21.8 Å². The molecule has 1 aliphatic rings. The first kappa shape index (κ1) is 18.8. The Kier molecular flexibility index (Phi) is 4.77. The van der Waals surface area contributed by atoms with E-state index in [1.165, 1.54) is 0 Å². The van der Waals surface area contributed by atoms with Gasteiger partial charge in [-0.3, -0.25) is 9.36 Å². The van der Waals surface area contributed by atoms with E-state index in [1.54, 1.807) is 19.1 Å². The molecular formula is C19H24BrN3O3. The van der Waals surface area contributed by atoms with Crippen LogP contribution in [0.3, 0.4) is 0 Å². The molecule has 0 aliphatic carbocycles. The second-order valence-electron chi connectivity index (χ2n) is 7.38. The molecule has 0 spiro atoms. The summed E-state index contributed by atoms with van der Waals surface area (Å²) in [6, 6.07) is 3.93. The highest BCUT2D eigenvalue weighted by atomic mass is 79.9.